The van der Waals surface area contributed by atoms with Crippen molar-refractivity contribution in [1.82, 2.24) is 16.0 Å². The molecule has 0 heterocycles. The van der Waals surface area contributed by atoms with E-state index in [0.717, 1.165) is 5.75 Å². The van der Waals surface area contributed by atoms with E-state index in [0.29, 0.717) is 12.8 Å². The Bertz CT molecular complexity index is 573. The van der Waals surface area contributed by atoms with Crippen LogP contribution in [0.3, 0.4) is 0 Å². The van der Waals surface area contributed by atoms with Crippen molar-refractivity contribution in [3.63, 3.8) is 0 Å². The van der Waals surface area contributed by atoms with Crippen molar-refractivity contribution < 1.29 is 24.3 Å². The summed E-state index contributed by atoms with van der Waals surface area (Å²) in [6.07, 6.45) is 2.98. The van der Waals surface area contributed by atoms with Crippen LogP contribution in [0.5, 0.6) is 0 Å². The van der Waals surface area contributed by atoms with Gasteiger partial charge in [0.05, 0.1) is 6.04 Å². The number of rotatable bonds is 13. The Kier molecular flexibility index (Phi) is 12.6. The van der Waals surface area contributed by atoms with Gasteiger partial charge in [-0.1, -0.05) is 34.1 Å². The molecule has 3 amide bonds. The van der Waals surface area contributed by atoms with Crippen LogP contribution in [0, 0.1) is 11.8 Å². The molecule has 168 valence electrons. The lowest BCUT2D eigenvalue weighted by Gasteiger charge is -2.27. The van der Waals surface area contributed by atoms with Crippen molar-refractivity contribution in [3.05, 3.63) is 0 Å². The molecule has 0 bridgehead atoms. The molecule has 5 unspecified atom stereocenters. The van der Waals surface area contributed by atoms with Crippen LogP contribution >= 0.6 is 11.8 Å². The van der Waals surface area contributed by atoms with Crippen LogP contribution in [-0.2, 0) is 19.2 Å². The molecular weight excluding hydrogens is 396 g/mol. The van der Waals surface area contributed by atoms with Gasteiger partial charge in [-0.3, -0.25) is 14.4 Å². The molecule has 9 nitrogen and oxygen atoms in total. The smallest absolute Gasteiger partial charge is 0.326 e. The topological polar surface area (TPSA) is 151 Å². The molecule has 0 aliphatic heterocycles. The maximum atomic E-state index is 12.6. The first-order valence-electron chi connectivity index (χ1n) is 9.84. The Morgan fingerprint density at radius 3 is 1.93 bits per heavy atom. The predicted octanol–water partition coefficient (Wildman–Crippen LogP) is 0.328. The molecule has 0 aliphatic rings. The van der Waals surface area contributed by atoms with Crippen molar-refractivity contribution in [3.8, 4) is 0 Å². The summed E-state index contributed by atoms with van der Waals surface area (Å²) in [4.78, 5) is 48.6. The van der Waals surface area contributed by atoms with Crippen molar-refractivity contribution in [2.24, 2.45) is 17.6 Å². The zero-order chi connectivity index (χ0) is 22.7. The van der Waals surface area contributed by atoms with Gasteiger partial charge in [-0.25, -0.2) is 4.79 Å². The summed E-state index contributed by atoms with van der Waals surface area (Å²) in [7, 11) is 0. The highest BCUT2D eigenvalue weighted by atomic mass is 32.2. The summed E-state index contributed by atoms with van der Waals surface area (Å²) in [6, 6.07) is -3.58. The first kappa shape index (κ1) is 27.2. The molecule has 0 fully saturated rings. The summed E-state index contributed by atoms with van der Waals surface area (Å²) in [5.41, 5.74) is 5.80. The fourth-order valence-electron chi connectivity index (χ4n) is 2.50. The number of carboxylic acid groups (broad SMARTS) is 1. The lowest BCUT2D eigenvalue weighted by atomic mass is 9.97. The summed E-state index contributed by atoms with van der Waals surface area (Å²) in [6.45, 7) is 8.56. The largest absolute Gasteiger partial charge is 0.480 e. The molecule has 0 saturated heterocycles. The van der Waals surface area contributed by atoms with Gasteiger partial charge in [-0.2, -0.15) is 11.8 Å². The van der Waals surface area contributed by atoms with Gasteiger partial charge >= 0.3 is 5.97 Å². The van der Waals surface area contributed by atoms with E-state index < -0.39 is 47.9 Å². The minimum Gasteiger partial charge on any atom is -0.480 e. The minimum absolute atomic E-state index is 0.263. The molecule has 0 aliphatic carbocycles. The number of thioether (sulfide) groups is 1. The van der Waals surface area contributed by atoms with Crippen molar-refractivity contribution in [2.75, 3.05) is 12.0 Å². The van der Waals surface area contributed by atoms with Gasteiger partial charge in [0, 0.05) is 0 Å². The molecule has 0 aromatic heterocycles. The van der Waals surface area contributed by atoms with Crippen molar-refractivity contribution in [1.29, 1.82) is 0 Å². The summed E-state index contributed by atoms with van der Waals surface area (Å²) in [5, 5.41) is 17.0. The molecule has 5 atom stereocenters. The number of hydrogen-bond donors (Lipinski definition) is 5. The van der Waals surface area contributed by atoms with E-state index in [-0.39, 0.29) is 11.8 Å². The number of aliphatic carboxylic acids is 1. The van der Waals surface area contributed by atoms with Crippen LogP contribution in [0.15, 0.2) is 0 Å². The first-order chi connectivity index (χ1) is 13.5. The fraction of sp³-hybridized carbons (Fsp3) is 0.789. The SMILES string of the molecule is CCC(C)C(NC(=O)C(NC(=O)C(C)NC(=O)C(N)CCSC)C(C)C)C(=O)O. The van der Waals surface area contributed by atoms with Crippen LogP contribution in [0.25, 0.3) is 0 Å². The number of hydrogen-bond acceptors (Lipinski definition) is 6. The van der Waals surface area contributed by atoms with Crippen LogP contribution < -0.4 is 21.7 Å². The zero-order valence-corrected chi connectivity index (χ0v) is 19.0. The van der Waals surface area contributed by atoms with E-state index in [1.54, 1.807) is 32.5 Å². The highest BCUT2D eigenvalue weighted by molar-refractivity contribution is 7.98. The quantitative estimate of drug-likeness (QED) is 0.281. The third-order valence-electron chi connectivity index (χ3n) is 4.75. The third kappa shape index (κ3) is 9.49. The maximum Gasteiger partial charge on any atom is 0.326 e. The molecule has 0 aromatic carbocycles. The van der Waals surface area contributed by atoms with Gasteiger partial charge < -0.3 is 26.8 Å². The lowest BCUT2D eigenvalue weighted by molar-refractivity contribution is -0.144. The molecule has 0 aromatic rings. The molecule has 29 heavy (non-hydrogen) atoms. The highest BCUT2D eigenvalue weighted by Crippen LogP contribution is 2.10. The Morgan fingerprint density at radius 1 is 0.931 bits per heavy atom. The molecule has 10 heteroatoms. The molecule has 0 rings (SSSR count). The second kappa shape index (κ2) is 13.4. The van der Waals surface area contributed by atoms with Crippen molar-refractivity contribution in [2.45, 2.75) is 71.6 Å². The summed E-state index contributed by atoms with van der Waals surface area (Å²) in [5.74, 6) is -2.49. The second-order valence-corrected chi connectivity index (χ2v) is 8.54. The van der Waals surface area contributed by atoms with E-state index in [2.05, 4.69) is 16.0 Å². The Balaban J connectivity index is 5.01. The Morgan fingerprint density at radius 2 is 1.48 bits per heavy atom. The normalized spacial score (nSPS) is 16.3. The number of nitrogens with two attached hydrogens (primary N) is 1. The number of carbonyl (C=O) groups is 4. The lowest BCUT2D eigenvalue weighted by Crippen LogP contribution is -2.58. The molecular formula is C19H36N4O5S. The van der Waals surface area contributed by atoms with E-state index >= 15 is 0 Å². The van der Waals surface area contributed by atoms with Gasteiger partial charge in [0.15, 0.2) is 0 Å². The Hall–Kier alpha value is -1.81. The standard InChI is InChI=1S/C19H36N4O5S/c1-7-11(4)15(19(27)28)23-18(26)14(10(2)3)22-16(24)12(5)21-17(25)13(20)8-9-29-6/h10-15H,7-9,20H2,1-6H3,(H,21,25)(H,22,24)(H,23,26)(H,27,28). The number of carboxylic acids is 1. The van der Waals surface area contributed by atoms with Gasteiger partial charge in [0.1, 0.15) is 18.1 Å². The fourth-order valence-corrected chi connectivity index (χ4v) is 2.99. The average Bonchev–Trinajstić information content (AvgIpc) is 2.66. The monoisotopic (exact) mass is 432 g/mol. The second-order valence-electron chi connectivity index (χ2n) is 7.56. The Labute approximate surface area is 177 Å². The predicted molar refractivity (Wildman–Crippen MR) is 114 cm³/mol. The van der Waals surface area contributed by atoms with Crippen LogP contribution in [-0.4, -0.2) is 65.0 Å². The van der Waals surface area contributed by atoms with Crippen LogP contribution in [0.1, 0.15) is 47.5 Å². The van der Waals surface area contributed by atoms with E-state index in [1.165, 1.54) is 6.92 Å². The molecule has 0 saturated carbocycles. The van der Waals surface area contributed by atoms with E-state index in [9.17, 15) is 24.3 Å². The van der Waals surface area contributed by atoms with E-state index in [4.69, 9.17) is 5.73 Å². The average molecular weight is 433 g/mol. The van der Waals surface area contributed by atoms with Crippen molar-refractivity contribution >= 4 is 35.5 Å². The zero-order valence-electron chi connectivity index (χ0n) is 18.2. The third-order valence-corrected chi connectivity index (χ3v) is 5.39. The maximum absolute atomic E-state index is 12.6. The van der Waals surface area contributed by atoms with Gasteiger partial charge in [-0.15, -0.1) is 0 Å². The number of amides is 3. The number of nitrogens with one attached hydrogen (secondary N) is 3. The molecule has 6 N–H and O–H groups in total. The number of carbonyl (C=O) groups excluding carboxylic acids is 3. The molecule has 0 radical (unpaired) electrons. The molecule has 0 spiro atoms. The van der Waals surface area contributed by atoms with Crippen LogP contribution in [0.4, 0.5) is 0 Å². The van der Waals surface area contributed by atoms with Gasteiger partial charge in [0.25, 0.3) is 0 Å². The summed E-state index contributed by atoms with van der Waals surface area (Å²) >= 11 is 1.57. The summed E-state index contributed by atoms with van der Waals surface area (Å²) < 4.78 is 0. The minimum atomic E-state index is -1.12. The van der Waals surface area contributed by atoms with E-state index in [1.807, 2.05) is 13.2 Å². The first-order valence-corrected chi connectivity index (χ1v) is 11.2. The highest BCUT2D eigenvalue weighted by Gasteiger charge is 2.32. The van der Waals surface area contributed by atoms with Gasteiger partial charge in [0.2, 0.25) is 17.7 Å². The van der Waals surface area contributed by atoms with Gasteiger partial charge in [-0.05, 0) is 37.2 Å². The van der Waals surface area contributed by atoms with Crippen LogP contribution in [0.2, 0.25) is 0 Å².